The van der Waals surface area contributed by atoms with E-state index < -0.39 is 0 Å². The zero-order valence-electron chi connectivity index (χ0n) is 3.27. The van der Waals surface area contributed by atoms with Crippen molar-refractivity contribution in [3.05, 3.63) is 0 Å². The average Bonchev–Trinajstić information content (AvgIpc) is 1.61. The molecule has 0 radical (unpaired) electrons. The van der Waals surface area contributed by atoms with E-state index in [2.05, 4.69) is 13.7 Å². The van der Waals surface area contributed by atoms with Crippen molar-refractivity contribution in [1.82, 2.24) is 4.49 Å². The van der Waals surface area contributed by atoms with Crippen LogP contribution in [0.25, 0.3) is 0 Å². The largest absolute Gasteiger partial charge is 0.264 e. The smallest absolute Gasteiger partial charge is 0.00377 e. The van der Waals surface area contributed by atoms with Crippen molar-refractivity contribution < 1.29 is 0 Å². The molecular formula is CH8N2P2S. The Kier molecular flexibility index (Phi) is 7.28. The van der Waals surface area contributed by atoms with Gasteiger partial charge in [-0.2, -0.15) is 0 Å². The molecule has 0 aromatic rings. The molecule has 0 rings (SSSR count). The van der Waals surface area contributed by atoms with Crippen molar-refractivity contribution in [3.63, 3.8) is 0 Å². The lowest BCUT2D eigenvalue weighted by molar-refractivity contribution is 1.69. The summed E-state index contributed by atoms with van der Waals surface area (Å²) in [5.74, 6) is 1.09. The molecular weight excluding hydrogens is 134 g/mol. The summed E-state index contributed by atoms with van der Waals surface area (Å²) in [5.41, 5.74) is 0. The van der Waals surface area contributed by atoms with Crippen LogP contribution in [0.4, 0.5) is 0 Å². The molecule has 0 saturated heterocycles. The van der Waals surface area contributed by atoms with Crippen molar-refractivity contribution in [1.29, 1.82) is 0 Å². The van der Waals surface area contributed by atoms with E-state index in [-0.39, 0.29) is 0 Å². The quantitative estimate of drug-likeness (QED) is 0.343. The van der Waals surface area contributed by atoms with Gasteiger partial charge in [-0.1, -0.05) is 0 Å². The average molecular weight is 142 g/mol. The fourth-order valence-electron chi connectivity index (χ4n) is 0.0833. The first-order chi connectivity index (χ1) is 2.91. The second-order valence-corrected chi connectivity index (χ2v) is 3.64. The van der Waals surface area contributed by atoms with Crippen LogP contribution in [0.1, 0.15) is 0 Å². The number of nitrogens with one attached hydrogen (secondary N) is 1. The molecule has 38 valence electrons. The first-order valence-electron chi connectivity index (χ1n) is 1.45. The highest BCUT2D eigenvalue weighted by atomic mass is 32.2. The van der Waals surface area contributed by atoms with Gasteiger partial charge in [0.05, 0.1) is 0 Å². The van der Waals surface area contributed by atoms with E-state index in [0.29, 0.717) is 0 Å². The summed E-state index contributed by atoms with van der Waals surface area (Å²) >= 11 is 1.18. The topological polar surface area (TPSA) is 38.0 Å². The van der Waals surface area contributed by atoms with E-state index in [1.54, 1.807) is 0 Å². The van der Waals surface area contributed by atoms with Crippen molar-refractivity contribution in [2.75, 3.05) is 5.90 Å². The lowest BCUT2D eigenvalue weighted by Crippen LogP contribution is -1.90. The normalized spacial score (nSPS) is 11.0. The zero-order valence-corrected chi connectivity index (χ0v) is 6.24. The molecule has 2 unspecified atom stereocenters. The summed E-state index contributed by atoms with van der Waals surface area (Å²) in [5, 5.41) is 5.02. The predicted molar refractivity (Wildman–Crippen MR) is 37.8 cm³/mol. The van der Waals surface area contributed by atoms with Gasteiger partial charge in [0.25, 0.3) is 0 Å². The minimum atomic E-state index is 0.766. The van der Waals surface area contributed by atoms with Crippen LogP contribution >= 0.6 is 30.1 Å². The number of nitrogens with two attached hydrogens (primary N) is 1. The lowest BCUT2D eigenvalue weighted by Gasteiger charge is -1.90. The Balaban J connectivity index is 2.34. The lowest BCUT2D eigenvalue weighted by atomic mass is 11.9. The molecule has 0 heterocycles. The van der Waals surface area contributed by atoms with Gasteiger partial charge in [-0.05, 0) is 14.6 Å². The van der Waals surface area contributed by atoms with Crippen LogP contribution in [-0.2, 0) is 0 Å². The SMILES string of the molecule is NSNPCP. The Morgan fingerprint density at radius 3 is 2.83 bits per heavy atom. The Labute approximate surface area is 46.3 Å². The summed E-state index contributed by atoms with van der Waals surface area (Å²) in [7, 11) is 3.38. The number of hydrogen-bond acceptors (Lipinski definition) is 3. The Morgan fingerprint density at radius 1 is 2.00 bits per heavy atom. The molecule has 0 fully saturated rings. The third-order valence-corrected chi connectivity index (χ3v) is 2.10. The second-order valence-electron chi connectivity index (χ2n) is 0.601. The van der Waals surface area contributed by atoms with Crippen molar-refractivity contribution in [2.45, 2.75) is 0 Å². The summed E-state index contributed by atoms with van der Waals surface area (Å²) in [6.07, 6.45) is 0. The van der Waals surface area contributed by atoms with Crippen LogP contribution in [0.5, 0.6) is 0 Å². The van der Waals surface area contributed by atoms with E-state index in [1.165, 1.54) is 12.1 Å². The summed E-state index contributed by atoms with van der Waals surface area (Å²) in [6, 6.07) is 0. The van der Waals surface area contributed by atoms with E-state index >= 15 is 0 Å². The molecule has 0 aliphatic heterocycles. The summed E-state index contributed by atoms with van der Waals surface area (Å²) < 4.78 is 2.90. The van der Waals surface area contributed by atoms with Gasteiger partial charge < -0.3 is 0 Å². The van der Waals surface area contributed by atoms with E-state index in [4.69, 9.17) is 5.14 Å². The first-order valence-corrected chi connectivity index (χ1v) is 4.35. The predicted octanol–water partition coefficient (Wildman–Crippen LogP) is 0.524. The molecule has 0 aliphatic rings. The standard InChI is InChI=1S/CH8N2P2S/c2-6-3-5-1-4/h3,5H,1-2,4H2. The molecule has 0 aromatic carbocycles. The van der Waals surface area contributed by atoms with Gasteiger partial charge >= 0.3 is 0 Å². The molecule has 3 N–H and O–H groups in total. The van der Waals surface area contributed by atoms with Crippen LogP contribution in [-0.4, -0.2) is 5.90 Å². The molecule has 0 spiro atoms. The van der Waals surface area contributed by atoms with Gasteiger partial charge in [-0.25, -0.2) is 4.49 Å². The monoisotopic (exact) mass is 142 g/mol. The maximum absolute atomic E-state index is 5.02. The molecule has 5 heteroatoms. The van der Waals surface area contributed by atoms with Gasteiger partial charge in [0.1, 0.15) is 0 Å². The van der Waals surface area contributed by atoms with Crippen LogP contribution in [0, 0.1) is 0 Å². The fraction of sp³-hybridized carbons (Fsp3) is 1.00. The summed E-state index contributed by atoms with van der Waals surface area (Å²) in [6.45, 7) is 0. The zero-order chi connectivity index (χ0) is 4.83. The van der Waals surface area contributed by atoms with Crippen molar-refractivity contribution in [3.8, 4) is 0 Å². The highest BCUT2D eigenvalue weighted by Crippen LogP contribution is 2.08. The number of hydrogen-bond donors (Lipinski definition) is 2. The fourth-order valence-corrected chi connectivity index (χ4v) is 1.50. The number of rotatable bonds is 3. The van der Waals surface area contributed by atoms with Gasteiger partial charge in [-0.15, -0.1) is 9.24 Å². The second kappa shape index (κ2) is 6.13. The van der Waals surface area contributed by atoms with Crippen LogP contribution in [0.15, 0.2) is 0 Å². The molecule has 2 atom stereocenters. The van der Waals surface area contributed by atoms with Gasteiger partial charge in [-0.3, -0.25) is 5.14 Å². The first kappa shape index (κ1) is 7.13. The molecule has 2 nitrogen and oxygen atoms in total. The van der Waals surface area contributed by atoms with E-state index in [9.17, 15) is 0 Å². The minimum Gasteiger partial charge on any atom is -0.264 e. The Bertz CT molecular complexity index is 23.5. The van der Waals surface area contributed by atoms with Gasteiger partial charge in [0.2, 0.25) is 0 Å². The molecule has 0 amide bonds. The molecule has 0 bridgehead atoms. The van der Waals surface area contributed by atoms with Crippen molar-refractivity contribution in [2.24, 2.45) is 5.14 Å². The molecule has 6 heavy (non-hydrogen) atoms. The highest BCUT2D eigenvalue weighted by Gasteiger charge is 1.71. The highest BCUT2D eigenvalue weighted by molar-refractivity contribution is 7.98. The van der Waals surface area contributed by atoms with Gasteiger partial charge in [0, 0.05) is 12.1 Å². The molecule has 0 aliphatic carbocycles. The third kappa shape index (κ3) is 5.13. The Hall–Kier alpha value is 1.13. The molecule has 0 saturated carbocycles. The summed E-state index contributed by atoms with van der Waals surface area (Å²) in [4.78, 5) is 0. The minimum absolute atomic E-state index is 0.766. The molecule has 0 aromatic heterocycles. The van der Waals surface area contributed by atoms with Crippen LogP contribution < -0.4 is 9.63 Å². The Morgan fingerprint density at radius 2 is 2.67 bits per heavy atom. The maximum atomic E-state index is 5.02. The van der Waals surface area contributed by atoms with E-state index in [0.717, 1.165) is 14.6 Å². The van der Waals surface area contributed by atoms with Crippen LogP contribution in [0.2, 0.25) is 0 Å². The van der Waals surface area contributed by atoms with Gasteiger partial charge in [0.15, 0.2) is 0 Å². The third-order valence-electron chi connectivity index (χ3n) is 0.233. The van der Waals surface area contributed by atoms with Crippen LogP contribution in [0.3, 0.4) is 0 Å². The maximum Gasteiger partial charge on any atom is 0.00377 e. The van der Waals surface area contributed by atoms with Crippen molar-refractivity contribution >= 4 is 30.1 Å². The van der Waals surface area contributed by atoms with E-state index in [1.807, 2.05) is 0 Å².